The summed E-state index contributed by atoms with van der Waals surface area (Å²) in [6.07, 6.45) is 2.43. The van der Waals surface area contributed by atoms with Gasteiger partial charge in [0.25, 0.3) is 0 Å². The third-order valence-electron chi connectivity index (χ3n) is 3.06. The summed E-state index contributed by atoms with van der Waals surface area (Å²) in [7, 11) is 4.32. The molecule has 0 bridgehead atoms. The van der Waals surface area contributed by atoms with Crippen molar-refractivity contribution < 1.29 is 0 Å². The smallest absolute Gasteiger partial charge is 0.0435 e. The van der Waals surface area contributed by atoms with Crippen LogP contribution in [0.15, 0.2) is 24.3 Å². The van der Waals surface area contributed by atoms with Crippen LogP contribution in [-0.2, 0) is 6.16 Å². The first-order valence-corrected chi connectivity index (χ1v) is 7.14. The molecule has 0 radical (unpaired) electrons. The van der Waals surface area contributed by atoms with Gasteiger partial charge in [-0.25, -0.2) is 0 Å². The van der Waals surface area contributed by atoms with Crippen LogP contribution >= 0.6 is 8.22 Å². The number of hydrogen-bond acceptors (Lipinski definition) is 3. The Balaban J connectivity index is 2.04. The Labute approximate surface area is 99.1 Å². The molecule has 1 aliphatic heterocycles. The zero-order chi connectivity index (χ0) is 11.5. The molecule has 1 heterocycles. The van der Waals surface area contributed by atoms with E-state index in [1.807, 2.05) is 12.1 Å². The highest BCUT2D eigenvalue weighted by atomic mass is 31.1. The first-order valence-electron chi connectivity index (χ1n) is 5.71. The minimum atomic E-state index is -0.154. The van der Waals surface area contributed by atoms with Gasteiger partial charge >= 0.3 is 0 Å². The zero-order valence-corrected chi connectivity index (χ0v) is 11.0. The lowest BCUT2D eigenvalue weighted by Crippen LogP contribution is -2.32. The molecule has 16 heavy (non-hydrogen) atoms. The predicted octanol–water partition coefficient (Wildman–Crippen LogP) is 2.35. The molecule has 0 atom stereocenters. The maximum atomic E-state index is 5.70. The lowest BCUT2D eigenvalue weighted by atomic mass is 10.2. The van der Waals surface area contributed by atoms with Gasteiger partial charge in [-0.2, -0.15) is 0 Å². The van der Waals surface area contributed by atoms with Gasteiger partial charge in [-0.3, -0.25) is 9.34 Å². The van der Waals surface area contributed by atoms with Crippen LogP contribution < -0.4 is 5.73 Å². The van der Waals surface area contributed by atoms with Gasteiger partial charge in [-0.05, 0) is 38.2 Å². The number of benzene rings is 1. The van der Waals surface area contributed by atoms with Gasteiger partial charge in [0.2, 0.25) is 0 Å². The number of rotatable bonds is 2. The maximum absolute atomic E-state index is 5.70. The summed E-state index contributed by atoms with van der Waals surface area (Å²) < 4.78 is 4.99. The highest BCUT2D eigenvalue weighted by Gasteiger charge is 2.23. The van der Waals surface area contributed by atoms with E-state index in [2.05, 4.69) is 35.6 Å². The molecular formula is C12H20N3P. The molecule has 0 saturated carbocycles. The van der Waals surface area contributed by atoms with Gasteiger partial charge < -0.3 is 5.73 Å². The second kappa shape index (κ2) is 5.13. The van der Waals surface area contributed by atoms with E-state index in [4.69, 9.17) is 5.73 Å². The number of hydrogen-bond donors (Lipinski definition) is 1. The highest BCUT2D eigenvalue weighted by Crippen LogP contribution is 2.47. The molecule has 0 spiro atoms. The quantitative estimate of drug-likeness (QED) is 0.633. The molecule has 0 unspecified atom stereocenters. The second-order valence-electron chi connectivity index (χ2n) is 4.39. The van der Waals surface area contributed by atoms with E-state index in [-0.39, 0.29) is 8.22 Å². The second-order valence-corrected chi connectivity index (χ2v) is 6.81. The lowest BCUT2D eigenvalue weighted by molar-refractivity contribution is 0.383. The molecule has 0 aromatic heterocycles. The van der Waals surface area contributed by atoms with Gasteiger partial charge in [-0.1, -0.05) is 12.1 Å². The fourth-order valence-electron chi connectivity index (χ4n) is 2.05. The van der Waals surface area contributed by atoms with Crippen LogP contribution in [0.3, 0.4) is 0 Å². The monoisotopic (exact) mass is 237 g/mol. The average molecular weight is 237 g/mol. The molecule has 3 nitrogen and oxygen atoms in total. The van der Waals surface area contributed by atoms with Crippen molar-refractivity contribution in [3.8, 4) is 0 Å². The molecule has 2 rings (SSSR count). The largest absolute Gasteiger partial charge is 0.399 e. The van der Waals surface area contributed by atoms with E-state index in [0.29, 0.717) is 0 Å². The Morgan fingerprint density at radius 1 is 1.12 bits per heavy atom. The number of nitrogen functional groups attached to an aromatic ring is 1. The summed E-state index contributed by atoms with van der Waals surface area (Å²) in [4.78, 5) is 0. The Kier molecular flexibility index (Phi) is 3.80. The molecule has 1 aromatic rings. The molecule has 88 valence electrons. The third kappa shape index (κ3) is 2.73. The van der Waals surface area contributed by atoms with E-state index >= 15 is 0 Å². The summed E-state index contributed by atoms with van der Waals surface area (Å²) in [6.45, 7) is 2.45. The summed E-state index contributed by atoms with van der Waals surface area (Å²) in [6, 6.07) is 8.28. The van der Waals surface area contributed by atoms with E-state index in [9.17, 15) is 0 Å². The van der Waals surface area contributed by atoms with Crippen LogP contribution in [-0.4, -0.2) is 36.5 Å². The topological polar surface area (TPSA) is 32.5 Å². The van der Waals surface area contributed by atoms with Crippen LogP contribution in [0, 0.1) is 0 Å². The normalized spacial score (nSPS) is 20.1. The van der Waals surface area contributed by atoms with Gasteiger partial charge in [0, 0.05) is 33.2 Å². The molecule has 0 aliphatic carbocycles. The van der Waals surface area contributed by atoms with Crippen LogP contribution in [0.1, 0.15) is 12.0 Å². The van der Waals surface area contributed by atoms with Gasteiger partial charge in [0.1, 0.15) is 0 Å². The highest BCUT2D eigenvalue weighted by molar-refractivity contribution is 7.51. The van der Waals surface area contributed by atoms with Crippen LogP contribution in [0.25, 0.3) is 0 Å². The van der Waals surface area contributed by atoms with Gasteiger partial charge in [0.15, 0.2) is 0 Å². The van der Waals surface area contributed by atoms with Crippen molar-refractivity contribution in [3.05, 3.63) is 29.8 Å². The third-order valence-corrected chi connectivity index (χ3v) is 5.68. The van der Waals surface area contributed by atoms with Crippen LogP contribution in [0.2, 0.25) is 0 Å². The molecule has 1 fully saturated rings. The maximum Gasteiger partial charge on any atom is 0.0435 e. The van der Waals surface area contributed by atoms with Crippen molar-refractivity contribution in [2.45, 2.75) is 12.6 Å². The van der Waals surface area contributed by atoms with Crippen LogP contribution in [0.5, 0.6) is 0 Å². The minimum absolute atomic E-state index is 0.154. The number of nitrogens with zero attached hydrogens (tertiary/aromatic N) is 2. The van der Waals surface area contributed by atoms with Crippen molar-refractivity contribution in [2.24, 2.45) is 0 Å². The van der Waals surface area contributed by atoms with Gasteiger partial charge in [0.05, 0.1) is 0 Å². The van der Waals surface area contributed by atoms with E-state index in [0.717, 1.165) is 11.8 Å². The summed E-state index contributed by atoms with van der Waals surface area (Å²) in [5.74, 6) is 0. The lowest BCUT2D eigenvalue weighted by Gasteiger charge is -2.39. The fraction of sp³-hybridized carbons (Fsp3) is 0.500. The molecule has 0 amide bonds. The molecule has 1 aliphatic rings. The zero-order valence-electron chi connectivity index (χ0n) is 10.1. The molecular weight excluding hydrogens is 217 g/mol. The SMILES string of the molecule is CN1CCCN(C)P1Cc1ccc(N)cc1. The predicted molar refractivity (Wildman–Crippen MR) is 71.4 cm³/mol. The summed E-state index contributed by atoms with van der Waals surface area (Å²) in [5.41, 5.74) is 7.94. The van der Waals surface area contributed by atoms with E-state index in [1.54, 1.807) is 0 Å². The molecule has 1 saturated heterocycles. The number of anilines is 1. The Bertz CT molecular complexity index is 329. The molecule has 1 aromatic carbocycles. The van der Waals surface area contributed by atoms with Crippen molar-refractivity contribution in [3.63, 3.8) is 0 Å². The summed E-state index contributed by atoms with van der Waals surface area (Å²) >= 11 is 0. The van der Waals surface area contributed by atoms with Crippen molar-refractivity contribution in [2.75, 3.05) is 32.9 Å². The van der Waals surface area contributed by atoms with Crippen molar-refractivity contribution >= 4 is 13.9 Å². The van der Waals surface area contributed by atoms with E-state index < -0.39 is 0 Å². The summed E-state index contributed by atoms with van der Waals surface area (Å²) in [5, 5.41) is 0. The molecule has 4 heteroatoms. The first-order chi connectivity index (χ1) is 7.66. The fourth-order valence-corrected chi connectivity index (χ4v) is 4.33. The Morgan fingerprint density at radius 2 is 1.69 bits per heavy atom. The molecule has 2 N–H and O–H groups in total. The Hall–Kier alpha value is -0.630. The number of nitrogens with two attached hydrogens (primary N) is 1. The first kappa shape index (κ1) is 11.8. The van der Waals surface area contributed by atoms with Crippen molar-refractivity contribution in [1.82, 2.24) is 9.34 Å². The van der Waals surface area contributed by atoms with E-state index in [1.165, 1.54) is 25.1 Å². The van der Waals surface area contributed by atoms with Gasteiger partial charge in [-0.15, -0.1) is 0 Å². The standard InChI is InChI=1S/C12H20N3P/c1-14-8-3-9-15(2)16(14)10-11-4-6-12(13)7-5-11/h4-7H,3,8-10,13H2,1-2H3. The minimum Gasteiger partial charge on any atom is -0.399 e. The van der Waals surface area contributed by atoms with Crippen molar-refractivity contribution in [1.29, 1.82) is 0 Å². The van der Waals surface area contributed by atoms with Crippen LogP contribution in [0.4, 0.5) is 5.69 Å². The average Bonchev–Trinajstić information content (AvgIpc) is 2.26. The Morgan fingerprint density at radius 3 is 2.25 bits per heavy atom.